The van der Waals surface area contributed by atoms with Gasteiger partial charge >= 0.3 is 0 Å². The van der Waals surface area contributed by atoms with E-state index in [4.69, 9.17) is 4.74 Å². The van der Waals surface area contributed by atoms with E-state index in [0.29, 0.717) is 34.2 Å². The maximum Gasteiger partial charge on any atom is 0.294 e. The average molecular weight is 542 g/mol. The summed E-state index contributed by atoms with van der Waals surface area (Å²) in [7, 11) is -4.35. The van der Waals surface area contributed by atoms with E-state index in [1.807, 2.05) is 6.92 Å². The molecule has 0 saturated carbocycles. The van der Waals surface area contributed by atoms with Crippen molar-refractivity contribution in [2.75, 3.05) is 0 Å². The fourth-order valence-corrected chi connectivity index (χ4v) is 5.33. The highest BCUT2D eigenvalue weighted by molar-refractivity contribution is 7.85. The van der Waals surface area contributed by atoms with Crippen molar-refractivity contribution >= 4 is 20.9 Å². The van der Waals surface area contributed by atoms with Gasteiger partial charge in [0.25, 0.3) is 10.1 Å². The van der Waals surface area contributed by atoms with Crippen molar-refractivity contribution in [3.8, 4) is 23.1 Å². The van der Waals surface area contributed by atoms with E-state index in [1.165, 1.54) is 46.0 Å². The molecule has 0 saturated heterocycles. The summed E-state index contributed by atoms with van der Waals surface area (Å²) in [6.45, 7) is 8.13. The molecule has 0 bridgehead atoms. The van der Waals surface area contributed by atoms with Crippen LogP contribution in [0.1, 0.15) is 58.9 Å². The third-order valence-corrected chi connectivity index (χ3v) is 8.07. The summed E-state index contributed by atoms with van der Waals surface area (Å²) in [6.07, 6.45) is 8.65. The number of hydrogen-bond acceptors (Lipinski definition) is 6. The van der Waals surface area contributed by atoms with Gasteiger partial charge < -0.3 is 20.1 Å². The fraction of sp³-hybridized carbons (Fsp3) is 0.379. The number of aromatic hydroxyl groups is 2. The van der Waals surface area contributed by atoms with Crippen LogP contribution in [0.15, 0.2) is 64.7 Å². The zero-order chi connectivity index (χ0) is 27.8. The molecule has 38 heavy (non-hydrogen) atoms. The summed E-state index contributed by atoms with van der Waals surface area (Å²) in [5.74, 6) is 0.156. The maximum atomic E-state index is 11.4. The Morgan fingerprint density at radius 2 is 1.79 bits per heavy atom. The second kappa shape index (κ2) is 10.5. The van der Waals surface area contributed by atoms with Crippen LogP contribution in [-0.2, 0) is 16.5 Å². The van der Waals surface area contributed by atoms with Crippen LogP contribution < -0.4 is 4.74 Å². The summed E-state index contributed by atoms with van der Waals surface area (Å²) in [5, 5.41) is 33.6. The molecule has 1 aliphatic rings. The van der Waals surface area contributed by atoms with Crippen LogP contribution in [-0.4, -0.2) is 44.6 Å². The van der Waals surface area contributed by atoms with Crippen LogP contribution in [0.5, 0.6) is 17.4 Å². The van der Waals surface area contributed by atoms with Crippen LogP contribution in [0.25, 0.3) is 16.5 Å². The van der Waals surface area contributed by atoms with Crippen molar-refractivity contribution in [1.82, 2.24) is 4.57 Å². The van der Waals surface area contributed by atoms with Gasteiger partial charge in [-0.15, -0.1) is 0 Å². The molecule has 3 aromatic rings. The summed E-state index contributed by atoms with van der Waals surface area (Å²) in [6, 6.07) is 6.82. The van der Waals surface area contributed by atoms with Gasteiger partial charge in [0.2, 0.25) is 5.88 Å². The van der Waals surface area contributed by atoms with Crippen molar-refractivity contribution < 1.29 is 33.0 Å². The molecule has 0 fully saturated rings. The Morgan fingerprint density at radius 3 is 2.42 bits per heavy atom. The summed E-state index contributed by atoms with van der Waals surface area (Å²) >= 11 is 0. The van der Waals surface area contributed by atoms with Crippen LogP contribution in [0.2, 0.25) is 0 Å². The lowest BCUT2D eigenvalue weighted by molar-refractivity contribution is -0.0581. The summed E-state index contributed by atoms with van der Waals surface area (Å²) in [5.41, 5.74) is 2.59. The predicted molar refractivity (Wildman–Crippen MR) is 147 cm³/mol. The molecule has 2 aromatic carbocycles. The number of allylic oxidation sites excluding steroid dienone is 4. The number of hydrogen-bond donors (Lipinski definition) is 4. The second-order valence-corrected chi connectivity index (χ2v) is 11.9. The number of phenolic OH excluding ortho intramolecular Hbond substituents is 1. The van der Waals surface area contributed by atoms with Crippen molar-refractivity contribution in [3.63, 3.8) is 0 Å². The normalized spacial score (nSPS) is 19.7. The number of rotatable bonds is 8. The molecule has 0 aliphatic carbocycles. The number of nitrogens with zero attached hydrogens (tertiary/aromatic N) is 1. The third kappa shape index (κ3) is 5.60. The Labute approximate surface area is 223 Å². The first-order valence-corrected chi connectivity index (χ1v) is 14.1. The first kappa shape index (κ1) is 27.8. The standard InChI is InChI=1S/C29H35NO7S/c1-18(2)7-5-8-19(3)9-6-14-29(4)26(32)16-23-25(31)15-22-24(27(23)37-29)17-30(28(22)33)20-10-12-21(13-11-20)38(34,35)36/h7,9-13,15,17,26,31-33H,5-6,8,14,16H2,1-4H3,(H,34,35,36). The Bertz CT molecular complexity index is 1510. The quantitative estimate of drug-likeness (QED) is 0.209. The van der Waals surface area contributed by atoms with Gasteiger partial charge in [0, 0.05) is 29.3 Å². The molecule has 2 unspecified atom stereocenters. The molecule has 4 N–H and O–H groups in total. The monoisotopic (exact) mass is 541 g/mol. The van der Waals surface area contributed by atoms with Crippen molar-refractivity contribution in [1.29, 1.82) is 0 Å². The third-order valence-electron chi connectivity index (χ3n) is 7.20. The van der Waals surface area contributed by atoms with Gasteiger partial charge in [-0.05, 0) is 83.7 Å². The molecule has 1 aliphatic heterocycles. The van der Waals surface area contributed by atoms with Crippen molar-refractivity contribution in [2.45, 2.75) is 76.4 Å². The van der Waals surface area contributed by atoms with E-state index in [2.05, 4.69) is 32.9 Å². The highest BCUT2D eigenvalue weighted by Crippen LogP contribution is 2.47. The van der Waals surface area contributed by atoms with Gasteiger partial charge in [-0.1, -0.05) is 23.3 Å². The zero-order valence-electron chi connectivity index (χ0n) is 22.1. The number of phenols is 1. The molecular formula is C29H35NO7S. The second-order valence-electron chi connectivity index (χ2n) is 10.5. The van der Waals surface area contributed by atoms with Gasteiger partial charge in [0.1, 0.15) is 17.1 Å². The minimum absolute atomic E-state index is 0.0848. The number of aromatic nitrogens is 1. The van der Waals surface area contributed by atoms with Gasteiger partial charge in [0.15, 0.2) is 0 Å². The van der Waals surface area contributed by atoms with E-state index in [9.17, 15) is 28.3 Å². The molecule has 9 heteroatoms. The molecule has 0 radical (unpaired) electrons. The molecule has 0 spiro atoms. The maximum absolute atomic E-state index is 11.4. The van der Waals surface area contributed by atoms with Crippen molar-refractivity contribution in [3.05, 3.63) is 65.4 Å². The smallest absolute Gasteiger partial charge is 0.294 e. The van der Waals surface area contributed by atoms with Crippen LogP contribution in [0.3, 0.4) is 0 Å². The molecule has 204 valence electrons. The van der Waals surface area contributed by atoms with Gasteiger partial charge in [0.05, 0.1) is 16.4 Å². The van der Waals surface area contributed by atoms with E-state index in [-0.39, 0.29) is 22.9 Å². The van der Waals surface area contributed by atoms with E-state index >= 15 is 0 Å². The number of fused-ring (bicyclic) bond motifs is 3. The van der Waals surface area contributed by atoms with Gasteiger partial charge in [-0.3, -0.25) is 9.12 Å². The number of aliphatic hydroxyl groups excluding tert-OH is 1. The van der Waals surface area contributed by atoms with E-state index in [1.54, 1.807) is 6.20 Å². The van der Waals surface area contributed by atoms with Gasteiger partial charge in [-0.2, -0.15) is 8.42 Å². The highest BCUT2D eigenvalue weighted by Gasteiger charge is 2.41. The Hall–Kier alpha value is -3.27. The number of ether oxygens (including phenoxy) is 1. The van der Waals surface area contributed by atoms with Crippen LogP contribution >= 0.6 is 0 Å². The number of aliphatic hydroxyl groups is 1. The lowest BCUT2D eigenvalue weighted by atomic mass is 9.84. The molecule has 8 nitrogen and oxygen atoms in total. The molecule has 2 atom stereocenters. The van der Waals surface area contributed by atoms with Crippen molar-refractivity contribution in [2.24, 2.45) is 0 Å². The van der Waals surface area contributed by atoms with E-state index in [0.717, 1.165) is 19.3 Å². The molecule has 0 amide bonds. The highest BCUT2D eigenvalue weighted by atomic mass is 32.2. The SMILES string of the molecule is CC(C)=CCCC(C)=CCCC1(C)Oc2c(c(O)cc3c(O)n(-c4ccc(S(=O)(=O)O)cc4)cc23)CC1O. The molecule has 1 aromatic heterocycles. The first-order valence-electron chi connectivity index (χ1n) is 12.6. The topological polar surface area (TPSA) is 129 Å². The lowest BCUT2D eigenvalue weighted by Crippen LogP contribution is -2.48. The van der Waals surface area contributed by atoms with Crippen LogP contribution in [0, 0.1) is 0 Å². The Morgan fingerprint density at radius 1 is 1.11 bits per heavy atom. The predicted octanol–water partition coefficient (Wildman–Crippen LogP) is 5.82. The molecule has 2 heterocycles. The Kier molecular flexibility index (Phi) is 7.65. The largest absolute Gasteiger partial charge is 0.508 e. The molecule has 4 rings (SSSR count). The zero-order valence-corrected chi connectivity index (χ0v) is 22.9. The fourth-order valence-electron chi connectivity index (χ4n) is 4.85. The average Bonchev–Trinajstić information content (AvgIpc) is 3.16. The Balaban J connectivity index is 1.64. The lowest BCUT2D eigenvalue weighted by Gasteiger charge is -2.40. The minimum Gasteiger partial charge on any atom is -0.508 e. The first-order chi connectivity index (χ1) is 17.8. The van der Waals surface area contributed by atoms with E-state index < -0.39 is 21.8 Å². The summed E-state index contributed by atoms with van der Waals surface area (Å²) < 4.78 is 39.9. The van der Waals surface area contributed by atoms with Gasteiger partial charge in [-0.25, -0.2) is 0 Å². The minimum atomic E-state index is -4.35. The van der Waals surface area contributed by atoms with Crippen LogP contribution in [0.4, 0.5) is 0 Å². The molecular weight excluding hydrogens is 506 g/mol. The summed E-state index contributed by atoms with van der Waals surface area (Å²) in [4.78, 5) is -0.262. The number of benzene rings is 2.